The predicted molar refractivity (Wildman–Crippen MR) is 75.5 cm³/mol. The Labute approximate surface area is 115 Å². The van der Waals surface area contributed by atoms with Crippen LogP contribution in [-0.2, 0) is 11.3 Å². The van der Waals surface area contributed by atoms with Crippen LogP contribution in [0.15, 0.2) is 24.5 Å². The van der Waals surface area contributed by atoms with E-state index >= 15 is 0 Å². The smallest absolute Gasteiger partial charge is 0.222 e. The number of piperidine rings is 1. The van der Waals surface area contributed by atoms with Crippen molar-refractivity contribution in [2.75, 3.05) is 13.1 Å². The van der Waals surface area contributed by atoms with E-state index in [0.717, 1.165) is 26.1 Å². The van der Waals surface area contributed by atoms with Crippen LogP contribution in [0.5, 0.6) is 0 Å². The topological polar surface area (TPSA) is 45.2 Å². The third kappa shape index (κ3) is 3.77. The minimum atomic E-state index is 0.276. The van der Waals surface area contributed by atoms with Crippen LogP contribution in [0.4, 0.5) is 0 Å². The zero-order chi connectivity index (χ0) is 13.7. The first-order chi connectivity index (χ1) is 9.20. The van der Waals surface area contributed by atoms with E-state index < -0.39 is 0 Å². The molecule has 2 unspecified atom stereocenters. The number of carbonyl (C=O) groups excluding carboxylic acids is 1. The fraction of sp³-hybridized carbons (Fsp3) is 0.600. The van der Waals surface area contributed by atoms with E-state index in [-0.39, 0.29) is 5.91 Å². The average Bonchev–Trinajstić information content (AvgIpc) is 2.46. The van der Waals surface area contributed by atoms with Crippen LogP contribution >= 0.6 is 0 Å². The third-order valence-corrected chi connectivity index (χ3v) is 3.85. The van der Waals surface area contributed by atoms with E-state index in [1.807, 2.05) is 24.1 Å². The van der Waals surface area contributed by atoms with Crippen LogP contribution in [0.2, 0.25) is 0 Å². The molecule has 2 rings (SSSR count). The number of hydrogen-bond donors (Lipinski definition) is 1. The summed E-state index contributed by atoms with van der Waals surface area (Å²) in [5.74, 6) is 0.776. The molecule has 0 saturated carbocycles. The molecule has 1 aliphatic rings. The molecule has 1 aromatic heterocycles. The SMILES string of the molecule is CCC(=O)N1CCC(NCc2cccnc2)C(C)C1. The molecule has 0 aliphatic carbocycles. The Morgan fingerprint density at radius 1 is 1.58 bits per heavy atom. The Balaban J connectivity index is 1.82. The first-order valence-electron chi connectivity index (χ1n) is 7.10. The van der Waals surface area contributed by atoms with Crippen LogP contribution in [0.25, 0.3) is 0 Å². The molecule has 1 aromatic rings. The summed E-state index contributed by atoms with van der Waals surface area (Å²) < 4.78 is 0. The maximum absolute atomic E-state index is 11.7. The predicted octanol–water partition coefficient (Wildman–Crippen LogP) is 1.82. The van der Waals surface area contributed by atoms with Gasteiger partial charge in [0, 0.05) is 44.5 Å². The van der Waals surface area contributed by atoms with Gasteiger partial charge in [0.15, 0.2) is 0 Å². The van der Waals surface area contributed by atoms with E-state index in [9.17, 15) is 4.79 Å². The fourth-order valence-corrected chi connectivity index (χ4v) is 2.65. The lowest BCUT2D eigenvalue weighted by atomic mass is 9.93. The van der Waals surface area contributed by atoms with Gasteiger partial charge >= 0.3 is 0 Å². The maximum Gasteiger partial charge on any atom is 0.222 e. The molecule has 2 atom stereocenters. The van der Waals surface area contributed by atoms with Crippen molar-refractivity contribution in [3.8, 4) is 0 Å². The number of aromatic nitrogens is 1. The zero-order valence-corrected chi connectivity index (χ0v) is 11.8. The minimum absolute atomic E-state index is 0.276. The fourth-order valence-electron chi connectivity index (χ4n) is 2.65. The lowest BCUT2D eigenvalue weighted by Gasteiger charge is -2.37. The van der Waals surface area contributed by atoms with Gasteiger partial charge in [-0.2, -0.15) is 0 Å². The lowest BCUT2D eigenvalue weighted by Crippen LogP contribution is -2.49. The molecule has 2 heterocycles. The number of nitrogens with one attached hydrogen (secondary N) is 1. The number of nitrogens with zero attached hydrogens (tertiary/aromatic N) is 2. The van der Waals surface area contributed by atoms with Crippen molar-refractivity contribution in [2.24, 2.45) is 5.92 Å². The second kappa shape index (κ2) is 6.66. The highest BCUT2D eigenvalue weighted by Gasteiger charge is 2.27. The Hall–Kier alpha value is -1.42. The van der Waals surface area contributed by atoms with Gasteiger partial charge in [-0.15, -0.1) is 0 Å². The molecule has 4 heteroatoms. The monoisotopic (exact) mass is 261 g/mol. The summed E-state index contributed by atoms with van der Waals surface area (Å²) in [6.45, 7) is 6.75. The van der Waals surface area contributed by atoms with Gasteiger partial charge in [0.2, 0.25) is 5.91 Å². The van der Waals surface area contributed by atoms with Crippen LogP contribution in [0.1, 0.15) is 32.3 Å². The molecule has 0 bridgehead atoms. The van der Waals surface area contributed by atoms with Crippen LogP contribution in [-0.4, -0.2) is 34.9 Å². The summed E-state index contributed by atoms with van der Waals surface area (Å²) in [4.78, 5) is 17.8. The van der Waals surface area contributed by atoms with Gasteiger partial charge in [-0.3, -0.25) is 9.78 Å². The molecule has 4 nitrogen and oxygen atoms in total. The normalized spacial score (nSPS) is 23.4. The number of amides is 1. The van der Waals surface area contributed by atoms with Gasteiger partial charge in [0.05, 0.1) is 0 Å². The van der Waals surface area contributed by atoms with Gasteiger partial charge in [-0.05, 0) is 24.0 Å². The molecule has 0 spiro atoms. The first-order valence-corrected chi connectivity index (χ1v) is 7.10. The van der Waals surface area contributed by atoms with E-state index in [1.54, 1.807) is 6.20 Å². The quantitative estimate of drug-likeness (QED) is 0.899. The molecule has 0 radical (unpaired) electrons. The van der Waals surface area contributed by atoms with Crippen molar-refractivity contribution < 1.29 is 4.79 Å². The molecule has 1 N–H and O–H groups in total. The summed E-state index contributed by atoms with van der Waals surface area (Å²) >= 11 is 0. The number of carbonyl (C=O) groups is 1. The van der Waals surface area contributed by atoms with Gasteiger partial charge in [-0.25, -0.2) is 0 Å². The molecule has 104 valence electrons. The van der Waals surface area contributed by atoms with Gasteiger partial charge < -0.3 is 10.2 Å². The van der Waals surface area contributed by atoms with Crippen molar-refractivity contribution in [1.29, 1.82) is 0 Å². The summed E-state index contributed by atoms with van der Waals surface area (Å²) in [7, 11) is 0. The molecular weight excluding hydrogens is 238 g/mol. The maximum atomic E-state index is 11.7. The Bertz CT molecular complexity index is 407. The van der Waals surface area contributed by atoms with Crippen molar-refractivity contribution in [2.45, 2.75) is 39.3 Å². The van der Waals surface area contributed by atoms with Crippen molar-refractivity contribution in [1.82, 2.24) is 15.2 Å². The van der Waals surface area contributed by atoms with Gasteiger partial charge in [-0.1, -0.05) is 19.9 Å². The summed E-state index contributed by atoms with van der Waals surface area (Å²) in [6, 6.07) is 4.53. The number of hydrogen-bond acceptors (Lipinski definition) is 3. The van der Waals surface area contributed by atoms with Crippen LogP contribution in [0.3, 0.4) is 0 Å². The van der Waals surface area contributed by atoms with Crippen LogP contribution in [0, 0.1) is 5.92 Å². The van der Waals surface area contributed by atoms with E-state index in [1.165, 1.54) is 5.56 Å². The van der Waals surface area contributed by atoms with E-state index in [2.05, 4.69) is 23.3 Å². The van der Waals surface area contributed by atoms with E-state index in [0.29, 0.717) is 18.4 Å². The largest absolute Gasteiger partial charge is 0.342 e. The zero-order valence-electron chi connectivity index (χ0n) is 11.8. The van der Waals surface area contributed by atoms with Crippen LogP contribution < -0.4 is 5.32 Å². The van der Waals surface area contributed by atoms with Crippen molar-refractivity contribution in [3.63, 3.8) is 0 Å². The molecule has 0 aromatic carbocycles. The standard InChI is InChI=1S/C15H23N3O/c1-3-15(19)18-8-6-14(12(2)11-18)17-10-13-5-4-7-16-9-13/h4-5,7,9,12,14,17H,3,6,8,10-11H2,1-2H3. The van der Waals surface area contributed by atoms with Gasteiger partial charge in [0.1, 0.15) is 0 Å². The number of likely N-dealkylation sites (tertiary alicyclic amines) is 1. The highest BCUT2D eigenvalue weighted by molar-refractivity contribution is 5.75. The molecular formula is C15H23N3O. The third-order valence-electron chi connectivity index (χ3n) is 3.85. The Kier molecular flexibility index (Phi) is 4.91. The highest BCUT2D eigenvalue weighted by atomic mass is 16.2. The summed E-state index contributed by atoms with van der Waals surface area (Å²) in [6.07, 6.45) is 5.34. The second-order valence-corrected chi connectivity index (χ2v) is 5.31. The summed E-state index contributed by atoms with van der Waals surface area (Å²) in [5, 5.41) is 3.59. The van der Waals surface area contributed by atoms with Crippen molar-refractivity contribution in [3.05, 3.63) is 30.1 Å². The minimum Gasteiger partial charge on any atom is -0.342 e. The Morgan fingerprint density at radius 2 is 2.42 bits per heavy atom. The molecule has 1 fully saturated rings. The highest BCUT2D eigenvalue weighted by Crippen LogP contribution is 2.18. The Morgan fingerprint density at radius 3 is 3.05 bits per heavy atom. The summed E-state index contributed by atoms with van der Waals surface area (Å²) in [5.41, 5.74) is 1.21. The lowest BCUT2D eigenvalue weighted by molar-refractivity contribution is -0.132. The van der Waals surface area contributed by atoms with Crippen molar-refractivity contribution >= 4 is 5.91 Å². The number of pyridine rings is 1. The molecule has 1 aliphatic heterocycles. The first kappa shape index (κ1) is 14.0. The average molecular weight is 261 g/mol. The van der Waals surface area contributed by atoms with Gasteiger partial charge in [0.25, 0.3) is 0 Å². The number of rotatable bonds is 4. The second-order valence-electron chi connectivity index (χ2n) is 5.31. The molecule has 1 saturated heterocycles. The molecule has 1 amide bonds. The van der Waals surface area contributed by atoms with E-state index in [4.69, 9.17) is 0 Å². The molecule has 19 heavy (non-hydrogen) atoms.